The highest BCUT2D eigenvalue weighted by atomic mass is 35.5. The van der Waals surface area contributed by atoms with Crippen molar-refractivity contribution in [1.29, 1.82) is 0 Å². The van der Waals surface area contributed by atoms with Gasteiger partial charge in [-0.05, 0) is 44.0 Å². The summed E-state index contributed by atoms with van der Waals surface area (Å²) in [6.07, 6.45) is -0.578. The van der Waals surface area contributed by atoms with Gasteiger partial charge in [-0.25, -0.2) is 0 Å². The largest absolute Gasteiger partial charge is 0.490 e. The van der Waals surface area contributed by atoms with Gasteiger partial charge in [0.2, 0.25) is 0 Å². The van der Waals surface area contributed by atoms with Crippen molar-refractivity contribution in [1.82, 2.24) is 5.32 Å². The highest BCUT2D eigenvalue weighted by Crippen LogP contribution is 2.36. The lowest BCUT2D eigenvalue weighted by atomic mass is 10.0. The molecule has 0 aliphatic heterocycles. The molecule has 136 valence electrons. The van der Waals surface area contributed by atoms with Crippen LogP contribution in [-0.2, 0) is 6.54 Å². The predicted molar refractivity (Wildman–Crippen MR) is 101 cm³/mol. The topological polar surface area (TPSA) is 50.7 Å². The summed E-state index contributed by atoms with van der Waals surface area (Å²) in [6, 6.07) is 13.3. The molecular weight excluding hydrogens is 338 g/mol. The molecular formula is C20H26ClNO3. The van der Waals surface area contributed by atoms with Crippen LogP contribution in [0.25, 0.3) is 0 Å². The molecule has 0 amide bonds. The Morgan fingerprint density at radius 2 is 1.76 bits per heavy atom. The molecule has 25 heavy (non-hydrogen) atoms. The van der Waals surface area contributed by atoms with Crippen LogP contribution in [0.4, 0.5) is 0 Å². The average Bonchev–Trinajstić information content (AvgIpc) is 2.63. The summed E-state index contributed by atoms with van der Waals surface area (Å²) < 4.78 is 11.2. The third kappa shape index (κ3) is 5.36. The molecule has 0 aliphatic rings. The molecule has 4 nitrogen and oxygen atoms in total. The number of hydrogen-bond donors (Lipinski definition) is 2. The zero-order chi connectivity index (χ0) is 18.2. The first-order valence-corrected chi connectivity index (χ1v) is 8.99. The van der Waals surface area contributed by atoms with E-state index in [0.717, 1.165) is 11.1 Å². The Labute approximate surface area is 154 Å². The Morgan fingerprint density at radius 1 is 1.08 bits per heavy atom. The maximum Gasteiger partial charge on any atom is 0.179 e. The van der Waals surface area contributed by atoms with Gasteiger partial charge in [0.05, 0.1) is 24.3 Å². The third-order valence-corrected chi connectivity index (χ3v) is 4.18. The molecule has 2 N–H and O–H groups in total. The van der Waals surface area contributed by atoms with Crippen molar-refractivity contribution in [2.24, 2.45) is 0 Å². The molecule has 2 aromatic rings. The van der Waals surface area contributed by atoms with Crippen molar-refractivity contribution >= 4 is 11.6 Å². The van der Waals surface area contributed by atoms with E-state index < -0.39 is 6.10 Å². The lowest BCUT2D eigenvalue weighted by Gasteiger charge is -2.21. The van der Waals surface area contributed by atoms with E-state index in [-0.39, 0.29) is 6.04 Å². The van der Waals surface area contributed by atoms with Crippen LogP contribution in [0.2, 0.25) is 5.02 Å². The molecule has 0 saturated heterocycles. The number of aliphatic hydroxyl groups excluding tert-OH is 1. The third-order valence-electron chi connectivity index (χ3n) is 3.90. The first-order valence-electron chi connectivity index (χ1n) is 8.61. The Hall–Kier alpha value is -1.75. The molecule has 0 spiro atoms. The highest BCUT2D eigenvalue weighted by Gasteiger charge is 2.17. The first kappa shape index (κ1) is 19.6. The number of halogens is 1. The molecule has 0 bridgehead atoms. The van der Waals surface area contributed by atoms with Gasteiger partial charge in [-0.3, -0.25) is 0 Å². The van der Waals surface area contributed by atoms with Gasteiger partial charge >= 0.3 is 0 Å². The van der Waals surface area contributed by atoms with E-state index in [9.17, 15) is 5.11 Å². The Morgan fingerprint density at radius 3 is 2.40 bits per heavy atom. The van der Waals surface area contributed by atoms with Crippen LogP contribution in [0.1, 0.15) is 38.0 Å². The van der Waals surface area contributed by atoms with Gasteiger partial charge in [0.1, 0.15) is 0 Å². The van der Waals surface area contributed by atoms with E-state index in [2.05, 4.69) is 5.32 Å². The second kappa shape index (κ2) is 9.66. The SMILES string of the molecule is CCOc1cc(CN[C@H](C)[C@@H](O)c2ccccc2)cc(Cl)c1OCC. The average molecular weight is 364 g/mol. The second-order valence-corrected chi connectivity index (χ2v) is 6.20. The lowest BCUT2D eigenvalue weighted by Crippen LogP contribution is -2.31. The first-order chi connectivity index (χ1) is 12.1. The van der Waals surface area contributed by atoms with Crippen molar-refractivity contribution in [3.05, 3.63) is 58.6 Å². The Kier molecular flexibility index (Phi) is 7.56. The van der Waals surface area contributed by atoms with E-state index in [0.29, 0.717) is 36.3 Å². The van der Waals surface area contributed by atoms with Crippen LogP contribution in [-0.4, -0.2) is 24.4 Å². The smallest absolute Gasteiger partial charge is 0.179 e. The number of hydrogen-bond acceptors (Lipinski definition) is 4. The van der Waals surface area contributed by atoms with E-state index in [1.165, 1.54) is 0 Å². The Balaban J connectivity index is 2.07. The zero-order valence-corrected chi connectivity index (χ0v) is 15.7. The number of ether oxygens (including phenoxy) is 2. The summed E-state index contributed by atoms with van der Waals surface area (Å²) in [4.78, 5) is 0. The van der Waals surface area contributed by atoms with Crippen LogP contribution in [0.5, 0.6) is 11.5 Å². The van der Waals surface area contributed by atoms with Gasteiger partial charge < -0.3 is 19.9 Å². The number of benzene rings is 2. The molecule has 0 fully saturated rings. The molecule has 0 saturated carbocycles. The molecule has 0 aromatic heterocycles. The summed E-state index contributed by atoms with van der Waals surface area (Å²) in [5.74, 6) is 1.22. The summed E-state index contributed by atoms with van der Waals surface area (Å²) >= 11 is 6.34. The van der Waals surface area contributed by atoms with E-state index in [1.807, 2.05) is 63.2 Å². The minimum absolute atomic E-state index is 0.108. The van der Waals surface area contributed by atoms with E-state index in [1.54, 1.807) is 0 Å². The van der Waals surface area contributed by atoms with Crippen LogP contribution in [0.3, 0.4) is 0 Å². The fraction of sp³-hybridized carbons (Fsp3) is 0.400. The standard InChI is InChI=1S/C20H26ClNO3/c1-4-24-18-12-15(11-17(21)20(18)25-5-2)13-22-14(3)19(23)16-9-7-6-8-10-16/h6-12,14,19,22-23H,4-5,13H2,1-3H3/t14-,19-/m1/s1. The monoisotopic (exact) mass is 363 g/mol. The predicted octanol–water partition coefficient (Wildman–Crippen LogP) is 4.35. The molecule has 2 aromatic carbocycles. The van der Waals surface area contributed by atoms with Crippen LogP contribution < -0.4 is 14.8 Å². The summed E-state index contributed by atoms with van der Waals surface area (Å²) in [5, 5.41) is 14.3. The van der Waals surface area contributed by atoms with Gasteiger partial charge in [0, 0.05) is 12.6 Å². The van der Waals surface area contributed by atoms with E-state index >= 15 is 0 Å². The lowest BCUT2D eigenvalue weighted by molar-refractivity contribution is 0.135. The minimum atomic E-state index is -0.578. The van der Waals surface area contributed by atoms with Crippen LogP contribution in [0.15, 0.2) is 42.5 Å². The quantitative estimate of drug-likeness (QED) is 0.695. The van der Waals surface area contributed by atoms with Gasteiger partial charge in [-0.2, -0.15) is 0 Å². The maximum atomic E-state index is 10.4. The molecule has 0 radical (unpaired) electrons. The molecule has 5 heteroatoms. The minimum Gasteiger partial charge on any atom is -0.490 e. The van der Waals surface area contributed by atoms with Gasteiger partial charge in [-0.15, -0.1) is 0 Å². The van der Waals surface area contributed by atoms with Crippen molar-refractivity contribution < 1.29 is 14.6 Å². The fourth-order valence-corrected chi connectivity index (χ4v) is 2.89. The van der Waals surface area contributed by atoms with Crippen molar-refractivity contribution in [2.45, 2.75) is 39.5 Å². The maximum absolute atomic E-state index is 10.4. The molecule has 0 aliphatic carbocycles. The van der Waals surface area contributed by atoms with E-state index in [4.69, 9.17) is 21.1 Å². The van der Waals surface area contributed by atoms with Crippen LogP contribution >= 0.6 is 11.6 Å². The molecule has 0 heterocycles. The highest BCUT2D eigenvalue weighted by molar-refractivity contribution is 6.32. The molecule has 2 atom stereocenters. The van der Waals surface area contributed by atoms with Crippen LogP contribution in [0, 0.1) is 0 Å². The Bertz CT molecular complexity index is 663. The van der Waals surface area contributed by atoms with Gasteiger partial charge in [0.25, 0.3) is 0 Å². The summed E-state index contributed by atoms with van der Waals surface area (Å²) in [7, 11) is 0. The molecule has 0 unspecified atom stereocenters. The van der Waals surface area contributed by atoms with Crippen molar-refractivity contribution in [3.63, 3.8) is 0 Å². The number of nitrogens with one attached hydrogen (secondary N) is 1. The summed E-state index contributed by atoms with van der Waals surface area (Å²) in [5.41, 5.74) is 1.87. The number of rotatable bonds is 9. The summed E-state index contributed by atoms with van der Waals surface area (Å²) in [6.45, 7) is 7.42. The number of aliphatic hydroxyl groups is 1. The molecule has 2 rings (SSSR count). The normalized spacial score (nSPS) is 13.3. The van der Waals surface area contributed by atoms with Crippen molar-refractivity contribution in [2.75, 3.05) is 13.2 Å². The van der Waals surface area contributed by atoms with Crippen molar-refractivity contribution in [3.8, 4) is 11.5 Å². The zero-order valence-electron chi connectivity index (χ0n) is 15.0. The van der Waals surface area contributed by atoms with Gasteiger partial charge in [0.15, 0.2) is 11.5 Å². The second-order valence-electron chi connectivity index (χ2n) is 5.80. The fourth-order valence-electron chi connectivity index (χ4n) is 2.60. The van der Waals surface area contributed by atoms with Gasteiger partial charge in [-0.1, -0.05) is 41.9 Å².